The highest BCUT2D eigenvalue weighted by atomic mass is 127. The van der Waals surface area contributed by atoms with E-state index in [2.05, 4.69) is 24.9 Å². The van der Waals surface area contributed by atoms with Crippen molar-refractivity contribution in [1.29, 1.82) is 0 Å². The lowest BCUT2D eigenvalue weighted by Crippen LogP contribution is -2.48. The number of carbonyl (C=O) groups excluding carboxylic acids is 1. The Kier molecular flexibility index (Phi) is 9.94. The van der Waals surface area contributed by atoms with E-state index in [0.29, 0.717) is 38.4 Å². The van der Waals surface area contributed by atoms with E-state index >= 15 is 0 Å². The van der Waals surface area contributed by atoms with Gasteiger partial charge in [0.2, 0.25) is 10.0 Å². The fourth-order valence-electron chi connectivity index (χ4n) is 2.78. The predicted molar refractivity (Wildman–Crippen MR) is 113 cm³/mol. The molecule has 0 aromatic carbocycles. The van der Waals surface area contributed by atoms with E-state index < -0.39 is 10.0 Å². The molecule has 2 N–H and O–H groups in total. The number of halogens is 1. The molecule has 2 heterocycles. The SMILES string of the molecule is CN=C(NCCNS(=O)(=O)c1cccnc1)N1CCC(C(=O)OC)CC1.I. The van der Waals surface area contributed by atoms with Gasteiger partial charge in [0.1, 0.15) is 4.90 Å². The molecule has 9 nitrogen and oxygen atoms in total. The van der Waals surface area contributed by atoms with Gasteiger partial charge in [-0.05, 0) is 25.0 Å². The lowest BCUT2D eigenvalue weighted by molar-refractivity contribution is -0.146. The molecule has 0 spiro atoms. The van der Waals surface area contributed by atoms with Gasteiger partial charge in [0.05, 0.1) is 13.0 Å². The van der Waals surface area contributed by atoms with E-state index in [1.807, 2.05) is 0 Å². The second-order valence-electron chi connectivity index (χ2n) is 5.84. The van der Waals surface area contributed by atoms with Crippen LogP contribution in [0.3, 0.4) is 0 Å². The molecule has 0 radical (unpaired) electrons. The molecule has 1 aromatic heterocycles. The third kappa shape index (κ3) is 6.88. The summed E-state index contributed by atoms with van der Waals surface area (Å²) in [6, 6.07) is 3.07. The lowest BCUT2D eigenvalue weighted by Gasteiger charge is -2.33. The Labute approximate surface area is 177 Å². The van der Waals surface area contributed by atoms with Gasteiger partial charge in [-0.15, -0.1) is 24.0 Å². The number of nitrogens with zero attached hydrogens (tertiary/aromatic N) is 3. The van der Waals surface area contributed by atoms with Crippen molar-refractivity contribution < 1.29 is 17.9 Å². The van der Waals surface area contributed by atoms with Crippen LogP contribution in [-0.2, 0) is 19.6 Å². The third-order valence-electron chi connectivity index (χ3n) is 4.19. The summed E-state index contributed by atoms with van der Waals surface area (Å²) in [6.45, 7) is 2.00. The van der Waals surface area contributed by atoms with Crippen LogP contribution in [0.5, 0.6) is 0 Å². The monoisotopic (exact) mass is 511 g/mol. The Bertz CT molecular complexity index is 722. The normalized spacial score (nSPS) is 15.8. The van der Waals surface area contributed by atoms with Crippen LogP contribution in [0.4, 0.5) is 0 Å². The molecule has 0 saturated carbocycles. The highest BCUT2D eigenvalue weighted by Gasteiger charge is 2.26. The molecule has 2 rings (SSSR count). The molecule has 1 saturated heterocycles. The number of ether oxygens (including phenoxy) is 1. The number of carbonyl (C=O) groups is 1. The first-order valence-electron chi connectivity index (χ1n) is 8.41. The van der Waals surface area contributed by atoms with Crippen molar-refractivity contribution in [1.82, 2.24) is 19.9 Å². The molecule has 1 aliphatic heterocycles. The average molecular weight is 511 g/mol. The molecule has 11 heteroatoms. The van der Waals surface area contributed by atoms with E-state index in [1.165, 1.54) is 25.6 Å². The van der Waals surface area contributed by atoms with Crippen molar-refractivity contribution in [2.45, 2.75) is 17.7 Å². The molecule has 27 heavy (non-hydrogen) atoms. The molecule has 0 aliphatic carbocycles. The maximum atomic E-state index is 12.1. The van der Waals surface area contributed by atoms with Gasteiger partial charge in [-0.3, -0.25) is 14.8 Å². The largest absolute Gasteiger partial charge is 0.469 e. The second kappa shape index (κ2) is 11.4. The van der Waals surface area contributed by atoms with Gasteiger partial charge in [-0.1, -0.05) is 0 Å². The summed E-state index contributed by atoms with van der Waals surface area (Å²) in [4.78, 5) is 21.8. The molecule has 152 valence electrons. The van der Waals surface area contributed by atoms with Crippen molar-refractivity contribution in [3.8, 4) is 0 Å². The number of aromatic nitrogens is 1. The fraction of sp³-hybridized carbons (Fsp3) is 0.562. The van der Waals surface area contributed by atoms with Crippen LogP contribution in [0.1, 0.15) is 12.8 Å². The van der Waals surface area contributed by atoms with Gasteiger partial charge in [0, 0.05) is 45.6 Å². The minimum absolute atomic E-state index is 0. The Balaban J connectivity index is 0.00000364. The number of hydrogen-bond acceptors (Lipinski definition) is 6. The predicted octanol–water partition coefficient (Wildman–Crippen LogP) is 0.438. The minimum atomic E-state index is -3.57. The third-order valence-corrected chi connectivity index (χ3v) is 5.63. The average Bonchev–Trinajstić information content (AvgIpc) is 2.68. The van der Waals surface area contributed by atoms with E-state index in [9.17, 15) is 13.2 Å². The summed E-state index contributed by atoms with van der Waals surface area (Å²) in [5.41, 5.74) is 0. The number of hydrogen-bond donors (Lipinski definition) is 2. The Morgan fingerprint density at radius 1 is 1.37 bits per heavy atom. The Morgan fingerprint density at radius 3 is 2.63 bits per heavy atom. The summed E-state index contributed by atoms with van der Waals surface area (Å²) in [5.74, 6) is 0.451. The van der Waals surface area contributed by atoms with Crippen LogP contribution >= 0.6 is 24.0 Å². The van der Waals surface area contributed by atoms with Crippen molar-refractivity contribution in [3.05, 3.63) is 24.5 Å². The van der Waals surface area contributed by atoms with Crippen molar-refractivity contribution in [2.75, 3.05) is 40.3 Å². The molecule has 0 atom stereocenters. The summed E-state index contributed by atoms with van der Waals surface area (Å²) < 4.78 is 31.5. The minimum Gasteiger partial charge on any atom is -0.469 e. The van der Waals surface area contributed by atoms with Gasteiger partial charge in [0.15, 0.2) is 5.96 Å². The maximum Gasteiger partial charge on any atom is 0.308 e. The number of sulfonamides is 1. The van der Waals surface area contributed by atoms with E-state index in [4.69, 9.17) is 4.74 Å². The number of nitrogens with one attached hydrogen (secondary N) is 2. The topological polar surface area (TPSA) is 113 Å². The number of esters is 1. The van der Waals surface area contributed by atoms with Crippen LogP contribution in [0.2, 0.25) is 0 Å². The van der Waals surface area contributed by atoms with Crippen LogP contribution in [0, 0.1) is 5.92 Å². The number of pyridine rings is 1. The quantitative estimate of drug-likeness (QED) is 0.187. The number of methoxy groups -OCH3 is 1. The van der Waals surface area contributed by atoms with Crippen molar-refractivity contribution >= 4 is 45.9 Å². The Morgan fingerprint density at radius 2 is 2.07 bits per heavy atom. The molecule has 1 aliphatic rings. The zero-order valence-corrected chi connectivity index (χ0v) is 18.6. The first kappa shape index (κ1) is 23.6. The summed E-state index contributed by atoms with van der Waals surface area (Å²) in [5, 5.41) is 3.14. The van der Waals surface area contributed by atoms with Gasteiger partial charge >= 0.3 is 5.97 Å². The number of piperidine rings is 1. The number of likely N-dealkylation sites (tertiary alicyclic amines) is 1. The van der Waals surface area contributed by atoms with Gasteiger partial charge in [-0.2, -0.15) is 0 Å². The van der Waals surface area contributed by atoms with E-state index in [-0.39, 0.29) is 47.3 Å². The first-order valence-corrected chi connectivity index (χ1v) is 9.89. The number of guanidine groups is 1. The van der Waals surface area contributed by atoms with Crippen LogP contribution in [-0.4, -0.2) is 70.6 Å². The molecule has 0 unspecified atom stereocenters. The fourth-order valence-corrected chi connectivity index (χ4v) is 3.77. The molecular weight excluding hydrogens is 485 g/mol. The van der Waals surface area contributed by atoms with E-state index in [0.717, 1.165) is 0 Å². The summed E-state index contributed by atoms with van der Waals surface area (Å²) >= 11 is 0. The highest BCUT2D eigenvalue weighted by molar-refractivity contribution is 14.0. The number of aliphatic imine (C=N–C) groups is 1. The first-order chi connectivity index (χ1) is 12.5. The molecule has 1 fully saturated rings. The van der Waals surface area contributed by atoms with E-state index in [1.54, 1.807) is 13.1 Å². The van der Waals surface area contributed by atoms with Crippen LogP contribution < -0.4 is 10.0 Å². The van der Waals surface area contributed by atoms with Gasteiger partial charge in [-0.25, -0.2) is 13.1 Å². The highest BCUT2D eigenvalue weighted by Crippen LogP contribution is 2.18. The molecular formula is C16H26IN5O4S. The standard InChI is InChI=1S/C16H25N5O4S.HI/c1-17-16(21-10-5-13(6-11-21)15(22)25-2)19-8-9-20-26(23,24)14-4-3-7-18-12-14;/h3-4,7,12-13,20H,5-6,8-11H2,1-2H3,(H,17,19);1H. The lowest BCUT2D eigenvalue weighted by atomic mass is 9.97. The van der Waals surface area contributed by atoms with Crippen molar-refractivity contribution in [3.63, 3.8) is 0 Å². The smallest absolute Gasteiger partial charge is 0.308 e. The zero-order valence-electron chi connectivity index (χ0n) is 15.4. The van der Waals surface area contributed by atoms with Gasteiger partial charge in [0.25, 0.3) is 0 Å². The molecule has 0 bridgehead atoms. The van der Waals surface area contributed by atoms with Crippen molar-refractivity contribution in [2.24, 2.45) is 10.9 Å². The molecule has 1 aromatic rings. The van der Waals surface area contributed by atoms with Gasteiger partial charge < -0.3 is 15.0 Å². The second-order valence-corrected chi connectivity index (χ2v) is 7.61. The van der Waals surface area contributed by atoms with Crippen LogP contribution in [0.15, 0.2) is 34.4 Å². The number of rotatable bonds is 6. The van der Waals surface area contributed by atoms with Crippen LogP contribution in [0.25, 0.3) is 0 Å². The molecule has 0 amide bonds. The zero-order chi connectivity index (χ0) is 19.0. The Hall–Kier alpha value is -1.47. The summed E-state index contributed by atoms with van der Waals surface area (Å²) in [6.07, 6.45) is 4.25. The maximum absolute atomic E-state index is 12.1. The summed E-state index contributed by atoms with van der Waals surface area (Å²) in [7, 11) is -0.487.